The van der Waals surface area contributed by atoms with Crippen LogP contribution in [-0.4, -0.2) is 23.8 Å². The minimum Gasteiger partial charge on any atom is -0.437 e. The predicted molar refractivity (Wildman–Crippen MR) is 62.3 cm³/mol. The summed E-state index contributed by atoms with van der Waals surface area (Å²) in [4.78, 5) is 24.8. The lowest BCUT2D eigenvalue weighted by Gasteiger charge is -2.20. The first-order valence-electron chi connectivity index (χ1n) is 5.70. The zero-order chi connectivity index (χ0) is 12.4. The van der Waals surface area contributed by atoms with E-state index in [0.717, 1.165) is 12.0 Å². The summed E-state index contributed by atoms with van der Waals surface area (Å²) in [5, 5.41) is 0. The summed E-state index contributed by atoms with van der Waals surface area (Å²) in [6, 6.07) is 7.22. The summed E-state index contributed by atoms with van der Waals surface area (Å²) in [5.74, 6) is -0.372. The molecule has 1 aromatic carbocycles. The number of esters is 1. The van der Waals surface area contributed by atoms with Gasteiger partial charge in [-0.2, -0.15) is 0 Å². The van der Waals surface area contributed by atoms with Gasteiger partial charge in [-0.15, -0.1) is 0 Å². The van der Waals surface area contributed by atoms with Gasteiger partial charge in [-0.1, -0.05) is 25.1 Å². The van der Waals surface area contributed by atoms with E-state index in [-0.39, 0.29) is 11.9 Å². The molecule has 1 aromatic rings. The van der Waals surface area contributed by atoms with Crippen molar-refractivity contribution in [2.24, 2.45) is 0 Å². The van der Waals surface area contributed by atoms with Crippen molar-refractivity contribution in [1.29, 1.82) is 0 Å². The van der Waals surface area contributed by atoms with Gasteiger partial charge in [0.25, 0.3) is 5.91 Å². The molecule has 1 heterocycles. The van der Waals surface area contributed by atoms with Gasteiger partial charge in [0, 0.05) is 24.6 Å². The molecule has 1 amide bonds. The van der Waals surface area contributed by atoms with E-state index in [1.807, 2.05) is 19.1 Å². The van der Waals surface area contributed by atoms with Gasteiger partial charge in [-0.3, -0.25) is 9.59 Å². The summed E-state index contributed by atoms with van der Waals surface area (Å²) >= 11 is 0. The summed E-state index contributed by atoms with van der Waals surface area (Å²) in [6.45, 7) is 1.92. The Hall–Kier alpha value is -1.84. The number of nitrogens with zero attached hydrogens (tertiary/aromatic N) is 1. The van der Waals surface area contributed by atoms with Gasteiger partial charge in [0.1, 0.15) is 0 Å². The summed E-state index contributed by atoms with van der Waals surface area (Å²) in [6.07, 6.45) is 0.545. The largest absolute Gasteiger partial charge is 0.437 e. The fourth-order valence-corrected chi connectivity index (χ4v) is 1.94. The molecule has 0 spiro atoms. The van der Waals surface area contributed by atoms with E-state index < -0.39 is 6.23 Å². The number of hydrogen-bond acceptors (Lipinski definition) is 3. The molecule has 1 aliphatic heterocycles. The first-order valence-corrected chi connectivity index (χ1v) is 5.70. The fraction of sp³-hybridized carbons (Fsp3) is 0.385. The third kappa shape index (κ3) is 2.02. The van der Waals surface area contributed by atoms with Crippen molar-refractivity contribution in [3.8, 4) is 0 Å². The van der Waals surface area contributed by atoms with E-state index in [2.05, 4.69) is 0 Å². The first kappa shape index (κ1) is 11.6. The molecule has 4 nitrogen and oxygen atoms in total. The lowest BCUT2D eigenvalue weighted by Crippen LogP contribution is -2.26. The Balaban J connectivity index is 2.24. The predicted octanol–water partition coefficient (Wildman–Crippen LogP) is 2.11. The molecule has 0 radical (unpaired) electrons. The lowest BCUT2D eigenvalue weighted by molar-refractivity contribution is -0.155. The first-order chi connectivity index (χ1) is 8.15. The molecule has 4 heteroatoms. The van der Waals surface area contributed by atoms with E-state index >= 15 is 0 Å². The van der Waals surface area contributed by atoms with Crippen LogP contribution in [0.1, 0.15) is 41.9 Å². The van der Waals surface area contributed by atoms with Crippen molar-refractivity contribution >= 4 is 11.9 Å². The number of amides is 1. The van der Waals surface area contributed by atoms with E-state index in [4.69, 9.17) is 4.74 Å². The average molecular weight is 233 g/mol. The third-order valence-electron chi connectivity index (χ3n) is 2.83. The van der Waals surface area contributed by atoms with Gasteiger partial charge in [0.2, 0.25) is 6.23 Å². The van der Waals surface area contributed by atoms with Gasteiger partial charge < -0.3 is 9.64 Å². The minimum atomic E-state index is -0.572. The molecule has 1 aliphatic rings. The molecule has 17 heavy (non-hydrogen) atoms. The Labute approximate surface area is 100 Å². The Morgan fingerprint density at radius 2 is 2.12 bits per heavy atom. The highest BCUT2D eigenvalue weighted by atomic mass is 16.6. The molecule has 1 unspecified atom stereocenters. The van der Waals surface area contributed by atoms with Crippen LogP contribution in [-0.2, 0) is 9.53 Å². The van der Waals surface area contributed by atoms with Crippen molar-refractivity contribution in [3.05, 3.63) is 35.4 Å². The summed E-state index contributed by atoms with van der Waals surface area (Å²) < 4.78 is 5.33. The monoisotopic (exact) mass is 233 g/mol. The Morgan fingerprint density at radius 3 is 2.82 bits per heavy atom. The highest BCUT2D eigenvalue weighted by molar-refractivity contribution is 5.99. The molecular formula is C13H15NO3. The van der Waals surface area contributed by atoms with Crippen molar-refractivity contribution in [2.75, 3.05) is 7.05 Å². The van der Waals surface area contributed by atoms with Crippen LogP contribution in [0.15, 0.2) is 24.3 Å². The zero-order valence-corrected chi connectivity index (χ0v) is 9.97. The van der Waals surface area contributed by atoms with Crippen LogP contribution in [0.5, 0.6) is 0 Å². The van der Waals surface area contributed by atoms with E-state index in [0.29, 0.717) is 12.0 Å². The number of ether oxygens (including phenoxy) is 1. The number of benzene rings is 1. The zero-order valence-electron chi connectivity index (χ0n) is 9.97. The maximum absolute atomic E-state index is 11.9. The molecule has 90 valence electrons. The van der Waals surface area contributed by atoms with E-state index in [9.17, 15) is 9.59 Å². The standard InChI is InChI=1S/C13H15NO3/c1-3-6-11(15)17-13-10-8-5-4-7-9(10)12(16)14(13)2/h4-5,7-8,13H,3,6H2,1-2H3. The van der Waals surface area contributed by atoms with Gasteiger partial charge >= 0.3 is 5.97 Å². The highest BCUT2D eigenvalue weighted by Crippen LogP contribution is 2.33. The number of rotatable bonds is 3. The normalized spacial score (nSPS) is 18.1. The van der Waals surface area contributed by atoms with Gasteiger partial charge in [0.15, 0.2) is 0 Å². The summed E-state index contributed by atoms with van der Waals surface area (Å²) in [5.41, 5.74) is 1.38. The lowest BCUT2D eigenvalue weighted by atomic mass is 10.1. The van der Waals surface area contributed by atoms with Crippen LogP contribution in [0.4, 0.5) is 0 Å². The third-order valence-corrected chi connectivity index (χ3v) is 2.83. The molecule has 0 saturated heterocycles. The molecular weight excluding hydrogens is 218 g/mol. The van der Waals surface area contributed by atoms with E-state index in [1.54, 1.807) is 19.2 Å². The minimum absolute atomic E-state index is 0.102. The van der Waals surface area contributed by atoms with Crippen molar-refractivity contribution in [2.45, 2.75) is 26.0 Å². The van der Waals surface area contributed by atoms with Crippen LogP contribution in [0, 0.1) is 0 Å². The van der Waals surface area contributed by atoms with Crippen LogP contribution < -0.4 is 0 Å². The van der Waals surface area contributed by atoms with Crippen molar-refractivity contribution in [3.63, 3.8) is 0 Å². The van der Waals surface area contributed by atoms with Crippen LogP contribution in [0.3, 0.4) is 0 Å². The maximum Gasteiger partial charge on any atom is 0.307 e. The Kier molecular flexibility index (Phi) is 3.13. The Bertz CT molecular complexity index is 456. The van der Waals surface area contributed by atoms with E-state index in [1.165, 1.54) is 4.90 Å². The second kappa shape index (κ2) is 4.57. The highest BCUT2D eigenvalue weighted by Gasteiger charge is 2.36. The van der Waals surface area contributed by atoms with Crippen molar-refractivity contribution < 1.29 is 14.3 Å². The average Bonchev–Trinajstić information content (AvgIpc) is 2.56. The van der Waals surface area contributed by atoms with Crippen LogP contribution >= 0.6 is 0 Å². The van der Waals surface area contributed by atoms with Gasteiger partial charge in [-0.25, -0.2) is 0 Å². The maximum atomic E-state index is 11.9. The second-order valence-electron chi connectivity index (χ2n) is 4.10. The molecule has 0 bridgehead atoms. The SMILES string of the molecule is CCCC(=O)OC1c2ccccc2C(=O)N1C. The molecule has 0 saturated carbocycles. The van der Waals surface area contributed by atoms with Crippen LogP contribution in [0.25, 0.3) is 0 Å². The molecule has 0 N–H and O–H groups in total. The molecule has 0 aliphatic carbocycles. The number of fused-ring (bicyclic) bond motifs is 1. The quantitative estimate of drug-likeness (QED) is 0.751. The number of hydrogen-bond donors (Lipinski definition) is 0. The topological polar surface area (TPSA) is 46.6 Å². The molecule has 2 rings (SSSR count). The van der Waals surface area contributed by atoms with Crippen molar-refractivity contribution in [1.82, 2.24) is 4.90 Å². The second-order valence-corrected chi connectivity index (χ2v) is 4.10. The smallest absolute Gasteiger partial charge is 0.307 e. The fourth-order valence-electron chi connectivity index (χ4n) is 1.94. The van der Waals surface area contributed by atoms with Crippen LogP contribution in [0.2, 0.25) is 0 Å². The Morgan fingerprint density at radius 1 is 1.41 bits per heavy atom. The van der Waals surface area contributed by atoms with Gasteiger partial charge in [-0.05, 0) is 12.5 Å². The molecule has 0 aromatic heterocycles. The van der Waals surface area contributed by atoms with Gasteiger partial charge in [0.05, 0.1) is 0 Å². The number of carbonyl (C=O) groups excluding carboxylic acids is 2. The molecule has 1 atom stereocenters. The number of carbonyl (C=O) groups is 2. The summed E-state index contributed by atoms with van der Waals surface area (Å²) in [7, 11) is 1.65. The molecule has 0 fully saturated rings.